The maximum atomic E-state index is 13.9. The number of nitrogens with zero attached hydrogens (tertiary/aromatic N) is 4. The lowest BCUT2D eigenvalue weighted by Crippen LogP contribution is -2.30. The van der Waals surface area contributed by atoms with Crippen molar-refractivity contribution in [3.63, 3.8) is 0 Å². The van der Waals surface area contributed by atoms with Gasteiger partial charge in [0.2, 0.25) is 5.95 Å². The molecule has 1 N–H and O–H groups in total. The van der Waals surface area contributed by atoms with Crippen molar-refractivity contribution in [3.05, 3.63) is 80.3 Å². The van der Waals surface area contributed by atoms with Crippen LogP contribution in [0.2, 0.25) is 0 Å². The Morgan fingerprint density at radius 3 is 2.54 bits per heavy atom. The summed E-state index contributed by atoms with van der Waals surface area (Å²) in [5.74, 6) is 1.39. The third-order valence-corrected chi connectivity index (χ3v) is 8.39. The van der Waals surface area contributed by atoms with Crippen LogP contribution in [0.4, 0.5) is 19.1 Å². The van der Waals surface area contributed by atoms with E-state index in [0.717, 1.165) is 22.2 Å². The van der Waals surface area contributed by atoms with Crippen molar-refractivity contribution in [2.24, 2.45) is 11.8 Å². The van der Waals surface area contributed by atoms with Crippen LogP contribution in [-0.4, -0.2) is 39.0 Å². The van der Waals surface area contributed by atoms with Gasteiger partial charge in [-0.15, -0.1) is 13.2 Å². The zero-order chi connectivity index (χ0) is 27.1. The van der Waals surface area contributed by atoms with Gasteiger partial charge in [0.1, 0.15) is 11.4 Å². The maximum Gasteiger partial charge on any atom is 0.573 e. The van der Waals surface area contributed by atoms with E-state index in [1.165, 1.54) is 42.0 Å². The highest BCUT2D eigenvalue weighted by atomic mass is 127. The van der Waals surface area contributed by atoms with E-state index >= 15 is 0 Å². The first-order chi connectivity index (χ1) is 18.7. The van der Waals surface area contributed by atoms with E-state index < -0.39 is 6.36 Å². The van der Waals surface area contributed by atoms with Crippen LogP contribution in [0.15, 0.2) is 65.6 Å². The quantitative estimate of drug-likeness (QED) is 0.257. The average Bonchev–Trinajstić information content (AvgIpc) is 3.47. The summed E-state index contributed by atoms with van der Waals surface area (Å²) in [7, 11) is 0. The lowest BCUT2D eigenvalue weighted by atomic mass is 10.0. The molecule has 1 saturated carbocycles. The van der Waals surface area contributed by atoms with Crippen molar-refractivity contribution in [1.29, 1.82) is 0 Å². The highest BCUT2D eigenvalue weighted by Crippen LogP contribution is 2.37. The van der Waals surface area contributed by atoms with Crippen LogP contribution in [0.3, 0.4) is 0 Å². The topological polar surface area (TPSA) is 72.3 Å². The van der Waals surface area contributed by atoms with Crippen LogP contribution in [0, 0.1) is 15.4 Å². The number of nitrogens with one attached hydrogen (secondary N) is 1. The minimum absolute atomic E-state index is 0.00591. The van der Waals surface area contributed by atoms with Gasteiger partial charge in [0.05, 0.1) is 6.54 Å². The Morgan fingerprint density at radius 2 is 1.79 bits per heavy atom. The summed E-state index contributed by atoms with van der Waals surface area (Å²) in [6, 6.07) is 15.0. The number of rotatable bonds is 6. The monoisotopic (exact) mass is 647 g/mol. The fraction of sp³-hybridized carbons (Fsp3) is 0.321. The van der Waals surface area contributed by atoms with Crippen molar-refractivity contribution >= 4 is 39.6 Å². The van der Waals surface area contributed by atoms with Crippen molar-refractivity contribution < 1.29 is 17.9 Å². The SMILES string of the molecule is O=c1c(-c2ccccc2I)cc2cnc(NN3CC4CCCC4C3)nc2n1Cc1cccc(OC(F)(F)F)c1. The lowest BCUT2D eigenvalue weighted by molar-refractivity contribution is -0.274. The second kappa shape index (κ2) is 10.4. The van der Waals surface area contributed by atoms with Crippen molar-refractivity contribution in [1.82, 2.24) is 19.5 Å². The zero-order valence-corrected chi connectivity index (χ0v) is 22.9. The van der Waals surface area contributed by atoms with Crippen LogP contribution in [0.5, 0.6) is 5.75 Å². The van der Waals surface area contributed by atoms with Gasteiger partial charge < -0.3 is 4.74 Å². The number of hydrazine groups is 1. The number of ether oxygens (including phenoxy) is 1. The molecule has 0 radical (unpaired) electrons. The molecule has 0 spiro atoms. The molecule has 1 aliphatic heterocycles. The number of benzene rings is 2. The Hall–Kier alpha value is -3.19. The van der Waals surface area contributed by atoms with Gasteiger partial charge >= 0.3 is 6.36 Å². The Labute approximate surface area is 236 Å². The number of alkyl halides is 3. The molecule has 2 unspecified atom stereocenters. The summed E-state index contributed by atoms with van der Waals surface area (Å²) in [5, 5.41) is 2.78. The lowest BCUT2D eigenvalue weighted by Gasteiger charge is -2.19. The van der Waals surface area contributed by atoms with Gasteiger partial charge in [0, 0.05) is 39.4 Å². The minimum Gasteiger partial charge on any atom is -0.406 e. The fourth-order valence-corrected chi connectivity index (χ4v) is 6.40. The Bertz CT molecular complexity index is 1580. The van der Waals surface area contributed by atoms with Crippen LogP contribution < -0.4 is 15.7 Å². The van der Waals surface area contributed by atoms with Gasteiger partial charge in [-0.1, -0.05) is 36.8 Å². The van der Waals surface area contributed by atoms with E-state index in [0.29, 0.717) is 39.9 Å². The Balaban J connectivity index is 1.41. The Morgan fingerprint density at radius 1 is 1.03 bits per heavy atom. The van der Waals surface area contributed by atoms with Crippen molar-refractivity contribution in [2.45, 2.75) is 32.2 Å². The molecular weight excluding hydrogens is 622 g/mol. The number of pyridine rings is 1. The molecule has 3 heterocycles. The van der Waals surface area contributed by atoms with E-state index in [9.17, 15) is 18.0 Å². The summed E-state index contributed by atoms with van der Waals surface area (Å²) in [6.07, 6.45) is 0.617. The zero-order valence-electron chi connectivity index (χ0n) is 20.8. The number of fused-ring (bicyclic) bond motifs is 2. The second-order valence-corrected chi connectivity index (χ2v) is 11.2. The highest BCUT2D eigenvalue weighted by molar-refractivity contribution is 14.1. The number of anilines is 1. The summed E-state index contributed by atoms with van der Waals surface area (Å²) in [6.45, 7) is 1.86. The van der Waals surface area contributed by atoms with Crippen molar-refractivity contribution in [3.8, 4) is 16.9 Å². The molecular formula is C28H25F3IN5O2. The second-order valence-electron chi connectivity index (χ2n) is 10.1. The summed E-state index contributed by atoms with van der Waals surface area (Å²) < 4.78 is 45.0. The molecule has 1 saturated heterocycles. The molecule has 11 heteroatoms. The normalized spacial score (nSPS) is 19.4. The van der Waals surface area contributed by atoms with Gasteiger partial charge in [-0.25, -0.2) is 9.99 Å². The first-order valence-corrected chi connectivity index (χ1v) is 13.8. The number of hydrogen-bond donors (Lipinski definition) is 1. The minimum atomic E-state index is -4.81. The predicted octanol–water partition coefficient (Wildman–Crippen LogP) is 6.07. The number of aromatic nitrogens is 3. The van der Waals surface area contributed by atoms with Gasteiger partial charge in [0.25, 0.3) is 5.56 Å². The van der Waals surface area contributed by atoms with Gasteiger partial charge in [-0.05, 0) is 77.1 Å². The molecule has 2 aromatic heterocycles. The maximum absolute atomic E-state index is 13.9. The molecule has 2 fully saturated rings. The molecule has 7 nitrogen and oxygen atoms in total. The molecule has 6 rings (SSSR count). The molecule has 2 atom stereocenters. The van der Waals surface area contributed by atoms with Crippen LogP contribution in [-0.2, 0) is 6.54 Å². The van der Waals surface area contributed by atoms with Crippen LogP contribution in [0.1, 0.15) is 24.8 Å². The molecule has 39 heavy (non-hydrogen) atoms. The van der Waals surface area contributed by atoms with E-state index in [2.05, 4.69) is 42.7 Å². The van der Waals surface area contributed by atoms with Gasteiger partial charge in [0.15, 0.2) is 0 Å². The molecule has 0 bridgehead atoms. The molecule has 0 amide bonds. The number of hydrogen-bond acceptors (Lipinski definition) is 6. The van der Waals surface area contributed by atoms with Gasteiger partial charge in [-0.3, -0.25) is 14.8 Å². The first kappa shape index (κ1) is 26.1. The van der Waals surface area contributed by atoms with E-state index in [1.54, 1.807) is 18.3 Å². The average molecular weight is 647 g/mol. The fourth-order valence-electron chi connectivity index (χ4n) is 5.72. The van der Waals surface area contributed by atoms with Crippen molar-refractivity contribution in [2.75, 3.05) is 18.5 Å². The summed E-state index contributed by atoms with van der Waals surface area (Å²) in [4.78, 5) is 23.1. The largest absolute Gasteiger partial charge is 0.573 e. The highest BCUT2D eigenvalue weighted by Gasteiger charge is 2.36. The molecule has 1 aliphatic carbocycles. The van der Waals surface area contributed by atoms with E-state index in [4.69, 9.17) is 4.98 Å². The third kappa shape index (κ3) is 5.60. The van der Waals surface area contributed by atoms with Crippen LogP contribution in [0.25, 0.3) is 22.2 Å². The first-order valence-electron chi connectivity index (χ1n) is 12.8. The summed E-state index contributed by atoms with van der Waals surface area (Å²) >= 11 is 2.18. The van der Waals surface area contributed by atoms with Gasteiger partial charge in [-0.2, -0.15) is 4.98 Å². The van der Waals surface area contributed by atoms with Crippen LogP contribution >= 0.6 is 22.6 Å². The standard InChI is InChI=1S/C28H25F3IN5O2/c29-28(30,31)39-21-8-3-5-17(11-21)14-37-25-20(12-23(26(37)38)22-9-1-2-10-24(22)32)13-33-27(34-25)35-36-15-18-6-4-7-19(18)16-36/h1-3,5,8-13,18-19H,4,6-7,14-16H2,(H,33,34,35). The molecule has 2 aliphatic rings. The molecule has 202 valence electrons. The number of halogens is 4. The molecule has 2 aromatic carbocycles. The smallest absolute Gasteiger partial charge is 0.406 e. The predicted molar refractivity (Wildman–Crippen MR) is 150 cm³/mol. The van der Waals surface area contributed by atoms with E-state index in [-0.39, 0.29) is 17.9 Å². The van der Waals surface area contributed by atoms with E-state index in [1.807, 2.05) is 24.3 Å². The molecule has 4 aromatic rings. The Kier molecular flexibility index (Phi) is 6.96. The third-order valence-electron chi connectivity index (χ3n) is 7.45. The summed E-state index contributed by atoms with van der Waals surface area (Å²) in [5.41, 5.74) is 5.11.